The van der Waals surface area contributed by atoms with Gasteiger partial charge >= 0.3 is 6.18 Å². The number of nitrogens with one attached hydrogen (secondary N) is 2. The lowest BCUT2D eigenvalue weighted by molar-refractivity contribution is -0.137. The molecule has 1 aromatic rings. The van der Waals surface area contributed by atoms with Gasteiger partial charge in [0.25, 0.3) is 0 Å². The molecule has 0 aromatic heterocycles. The molecule has 1 aliphatic heterocycles. The first-order valence-corrected chi connectivity index (χ1v) is 6.67. The van der Waals surface area contributed by atoms with Gasteiger partial charge in [-0.1, -0.05) is 24.1 Å². The maximum Gasteiger partial charge on any atom is 0.418 e. The summed E-state index contributed by atoms with van der Waals surface area (Å²) in [5.41, 5.74) is -1.31. The third kappa shape index (κ3) is 3.43. The first-order chi connectivity index (χ1) is 9.39. The molecule has 1 saturated heterocycles. The minimum Gasteiger partial charge on any atom is -0.323 e. The molecule has 3 nitrogen and oxygen atoms in total. The highest BCUT2D eigenvalue weighted by Crippen LogP contribution is 2.38. The van der Waals surface area contributed by atoms with E-state index in [9.17, 15) is 18.0 Å². The maximum atomic E-state index is 12.9. The molecule has 7 heteroatoms. The Kier molecular flexibility index (Phi) is 4.55. The Hall–Kier alpha value is -1.27. The van der Waals surface area contributed by atoms with Crippen LogP contribution in [0.15, 0.2) is 18.2 Å². The summed E-state index contributed by atoms with van der Waals surface area (Å²) in [7, 11) is 0. The third-order valence-electron chi connectivity index (χ3n) is 3.19. The molecule has 1 atom stereocenters. The Morgan fingerprint density at radius 3 is 2.70 bits per heavy atom. The number of hydrogen-bond acceptors (Lipinski definition) is 2. The molecule has 2 rings (SSSR count). The van der Waals surface area contributed by atoms with E-state index in [1.165, 1.54) is 12.1 Å². The fraction of sp³-hybridized carbons (Fsp3) is 0.462. The fourth-order valence-electron chi connectivity index (χ4n) is 2.17. The van der Waals surface area contributed by atoms with Crippen molar-refractivity contribution in [2.75, 3.05) is 11.9 Å². The minimum atomic E-state index is -4.56. The number of alkyl halides is 3. The van der Waals surface area contributed by atoms with Crippen molar-refractivity contribution in [2.45, 2.75) is 31.5 Å². The average molecular weight is 307 g/mol. The molecule has 1 aromatic carbocycles. The number of carbonyl (C=O) groups is 1. The van der Waals surface area contributed by atoms with Gasteiger partial charge in [-0.3, -0.25) is 4.79 Å². The third-order valence-corrected chi connectivity index (χ3v) is 3.51. The van der Waals surface area contributed by atoms with Crippen molar-refractivity contribution in [1.82, 2.24) is 5.32 Å². The zero-order chi connectivity index (χ0) is 14.8. The van der Waals surface area contributed by atoms with Crippen molar-refractivity contribution < 1.29 is 18.0 Å². The van der Waals surface area contributed by atoms with Crippen LogP contribution in [0.2, 0.25) is 5.02 Å². The number of benzene rings is 1. The zero-order valence-corrected chi connectivity index (χ0v) is 11.3. The Labute approximate surface area is 119 Å². The second-order valence-electron chi connectivity index (χ2n) is 4.65. The number of carbonyl (C=O) groups excluding carboxylic acids is 1. The van der Waals surface area contributed by atoms with Gasteiger partial charge in [0.1, 0.15) is 0 Å². The summed E-state index contributed by atoms with van der Waals surface area (Å²) in [5.74, 6) is -0.483. The molecular weight excluding hydrogens is 293 g/mol. The molecule has 1 aliphatic rings. The Morgan fingerprint density at radius 1 is 1.35 bits per heavy atom. The van der Waals surface area contributed by atoms with Gasteiger partial charge in [-0.25, -0.2) is 0 Å². The van der Waals surface area contributed by atoms with Gasteiger partial charge in [0.15, 0.2) is 0 Å². The Morgan fingerprint density at radius 2 is 2.10 bits per heavy atom. The van der Waals surface area contributed by atoms with Crippen molar-refractivity contribution in [1.29, 1.82) is 0 Å². The summed E-state index contributed by atoms with van der Waals surface area (Å²) < 4.78 is 38.7. The van der Waals surface area contributed by atoms with Gasteiger partial charge in [0, 0.05) is 0 Å². The van der Waals surface area contributed by atoms with Gasteiger partial charge in [0.05, 0.1) is 22.3 Å². The summed E-state index contributed by atoms with van der Waals surface area (Å²) in [6.07, 6.45) is -2.12. The van der Waals surface area contributed by atoms with Gasteiger partial charge in [0.2, 0.25) is 5.91 Å². The van der Waals surface area contributed by atoms with Crippen LogP contribution in [-0.2, 0) is 11.0 Å². The molecule has 1 unspecified atom stereocenters. The first kappa shape index (κ1) is 15.1. The molecule has 0 spiro atoms. The average Bonchev–Trinajstić information content (AvgIpc) is 2.40. The van der Waals surface area contributed by atoms with E-state index in [1.807, 2.05) is 0 Å². The molecule has 0 aliphatic carbocycles. The maximum absolute atomic E-state index is 12.9. The number of anilines is 1. The van der Waals surface area contributed by atoms with Crippen molar-refractivity contribution in [3.8, 4) is 0 Å². The largest absolute Gasteiger partial charge is 0.418 e. The van der Waals surface area contributed by atoms with Crippen LogP contribution in [-0.4, -0.2) is 18.5 Å². The van der Waals surface area contributed by atoms with Gasteiger partial charge in [-0.05, 0) is 31.5 Å². The number of amides is 1. The molecule has 0 saturated carbocycles. The van der Waals surface area contributed by atoms with Crippen LogP contribution >= 0.6 is 11.6 Å². The molecule has 1 fully saturated rings. The van der Waals surface area contributed by atoms with Crippen LogP contribution in [0.1, 0.15) is 24.8 Å². The van der Waals surface area contributed by atoms with E-state index >= 15 is 0 Å². The highest BCUT2D eigenvalue weighted by atomic mass is 35.5. The number of rotatable bonds is 2. The van der Waals surface area contributed by atoms with E-state index < -0.39 is 23.7 Å². The normalized spacial score (nSPS) is 19.7. The monoisotopic (exact) mass is 306 g/mol. The van der Waals surface area contributed by atoms with Crippen LogP contribution < -0.4 is 10.6 Å². The van der Waals surface area contributed by atoms with E-state index in [-0.39, 0.29) is 10.7 Å². The summed E-state index contributed by atoms with van der Waals surface area (Å²) >= 11 is 5.78. The predicted molar refractivity (Wildman–Crippen MR) is 70.7 cm³/mol. The number of piperidine rings is 1. The van der Waals surface area contributed by atoms with E-state index in [0.717, 1.165) is 18.9 Å². The SMILES string of the molecule is O=C(Nc1c(Cl)cccc1C(F)(F)F)C1CCCCN1. The lowest BCUT2D eigenvalue weighted by atomic mass is 10.0. The quantitative estimate of drug-likeness (QED) is 0.879. The molecule has 0 radical (unpaired) electrons. The van der Waals surface area contributed by atoms with E-state index in [2.05, 4.69) is 10.6 Å². The lowest BCUT2D eigenvalue weighted by Crippen LogP contribution is -2.43. The summed E-state index contributed by atoms with van der Waals surface area (Å²) in [4.78, 5) is 12.0. The summed E-state index contributed by atoms with van der Waals surface area (Å²) in [6, 6.07) is 2.96. The van der Waals surface area contributed by atoms with Gasteiger partial charge < -0.3 is 10.6 Å². The highest BCUT2D eigenvalue weighted by Gasteiger charge is 2.35. The second-order valence-corrected chi connectivity index (χ2v) is 5.06. The summed E-state index contributed by atoms with van der Waals surface area (Å²) in [6.45, 7) is 0.687. The van der Waals surface area contributed by atoms with E-state index in [4.69, 9.17) is 11.6 Å². The standard InChI is InChI=1S/C13H14ClF3N2O/c14-9-5-3-4-8(13(15,16)17)11(9)19-12(20)10-6-1-2-7-18-10/h3-5,10,18H,1-2,6-7H2,(H,19,20). The van der Waals surface area contributed by atoms with Crippen LogP contribution in [0, 0.1) is 0 Å². The predicted octanol–water partition coefficient (Wildman–Crippen LogP) is 3.44. The molecule has 0 bridgehead atoms. The van der Waals surface area contributed by atoms with Crippen LogP contribution in [0.5, 0.6) is 0 Å². The van der Waals surface area contributed by atoms with Gasteiger partial charge in [-0.15, -0.1) is 0 Å². The molecule has 2 N–H and O–H groups in total. The molecule has 1 amide bonds. The number of halogens is 4. The van der Waals surface area contributed by atoms with Crippen LogP contribution in [0.3, 0.4) is 0 Å². The first-order valence-electron chi connectivity index (χ1n) is 6.29. The molecular formula is C13H14ClF3N2O. The Balaban J connectivity index is 2.22. The van der Waals surface area contributed by atoms with Crippen molar-refractivity contribution in [2.24, 2.45) is 0 Å². The molecule has 1 heterocycles. The number of hydrogen-bond donors (Lipinski definition) is 2. The zero-order valence-electron chi connectivity index (χ0n) is 10.6. The van der Waals surface area contributed by atoms with Crippen LogP contribution in [0.4, 0.5) is 18.9 Å². The minimum absolute atomic E-state index is 0.121. The van der Waals surface area contributed by atoms with Gasteiger partial charge in [-0.2, -0.15) is 13.2 Å². The fourth-order valence-corrected chi connectivity index (χ4v) is 2.40. The van der Waals surface area contributed by atoms with E-state index in [0.29, 0.717) is 13.0 Å². The smallest absolute Gasteiger partial charge is 0.323 e. The van der Waals surface area contributed by atoms with Crippen molar-refractivity contribution in [3.05, 3.63) is 28.8 Å². The lowest BCUT2D eigenvalue weighted by Gasteiger charge is -2.23. The van der Waals surface area contributed by atoms with E-state index in [1.54, 1.807) is 0 Å². The molecule has 20 heavy (non-hydrogen) atoms. The topological polar surface area (TPSA) is 41.1 Å². The van der Waals surface area contributed by atoms with Crippen molar-refractivity contribution >= 4 is 23.2 Å². The highest BCUT2D eigenvalue weighted by molar-refractivity contribution is 6.34. The summed E-state index contributed by atoms with van der Waals surface area (Å²) in [5, 5.41) is 5.16. The van der Waals surface area contributed by atoms with Crippen LogP contribution in [0.25, 0.3) is 0 Å². The Bertz CT molecular complexity index is 499. The second kappa shape index (κ2) is 6.01. The molecule has 110 valence electrons. The van der Waals surface area contributed by atoms with Crippen molar-refractivity contribution in [3.63, 3.8) is 0 Å². The number of para-hydroxylation sites is 1.